The first kappa shape index (κ1) is 20.8. The molecule has 1 aromatic carbocycles. The SMILES string of the molecule is Cn1c(=O)c2c(nc(N3CCN(N=O)CC3)n2CC(=O)c2ccc(Cl)cc2)n(C)c1=O. The molecule has 0 atom stereocenters. The monoisotopic (exact) mass is 445 g/mol. The first-order valence-electron chi connectivity index (χ1n) is 9.60. The number of hydrogen-bond donors (Lipinski definition) is 0. The van der Waals surface area contributed by atoms with E-state index in [2.05, 4.69) is 10.3 Å². The van der Waals surface area contributed by atoms with Gasteiger partial charge in [-0.2, -0.15) is 4.98 Å². The van der Waals surface area contributed by atoms with Gasteiger partial charge in [0.25, 0.3) is 5.56 Å². The summed E-state index contributed by atoms with van der Waals surface area (Å²) in [6, 6.07) is 6.48. The number of imidazole rings is 1. The van der Waals surface area contributed by atoms with E-state index in [1.54, 1.807) is 24.3 Å². The van der Waals surface area contributed by atoms with Crippen LogP contribution in [0.15, 0.2) is 39.1 Å². The first-order valence-corrected chi connectivity index (χ1v) is 9.97. The van der Waals surface area contributed by atoms with Crippen molar-refractivity contribution in [3.63, 3.8) is 0 Å². The molecule has 0 amide bonds. The minimum Gasteiger partial charge on any atom is -0.338 e. The highest BCUT2D eigenvalue weighted by Crippen LogP contribution is 2.22. The van der Waals surface area contributed by atoms with Crippen LogP contribution in [0.1, 0.15) is 10.4 Å². The van der Waals surface area contributed by atoms with E-state index >= 15 is 0 Å². The van der Waals surface area contributed by atoms with Crippen molar-refractivity contribution in [2.75, 3.05) is 31.1 Å². The fourth-order valence-electron chi connectivity index (χ4n) is 3.67. The molecule has 1 aliphatic rings. The molecule has 162 valence electrons. The Morgan fingerprint density at radius 3 is 2.32 bits per heavy atom. The predicted molar refractivity (Wildman–Crippen MR) is 116 cm³/mol. The van der Waals surface area contributed by atoms with Crippen molar-refractivity contribution in [3.05, 3.63) is 60.6 Å². The third-order valence-electron chi connectivity index (χ3n) is 5.45. The number of hydrogen-bond acceptors (Lipinski definition) is 7. The van der Waals surface area contributed by atoms with E-state index in [-0.39, 0.29) is 23.5 Å². The quantitative estimate of drug-likeness (QED) is 0.421. The molecule has 4 rings (SSSR count). The fraction of sp³-hybridized carbons (Fsp3) is 0.368. The second kappa shape index (κ2) is 7.99. The number of halogens is 1. The molecule has 3 heterocycles. The number of anilines is 1. The number of carbonyl (C=O) groups excluding carboxylic acids is 1. The van der Waals surface area contributed by atoms with Gasteiger partial charge in [0.1, 0.15) is 0 Å². The van der Waals surface area contributed by atoms with Gasteiger partial charge >= 0.3 is 5.69 Å². The van der Waals surface area contributed by atoms with Gasteiger partial charge in [-0.25, -0.2) is 4.79 Å². The number of piperazine rings is 1. The van der Waals surface area contributed by atoms with Crippen molar-refractivity contribution >= 4 is 34.5 Å². The highest BCUT2D eigenvalue weighted by Gasteiger charge is 2.26. The van der Waals surface area contributed by atoms with Crippen LogP contribution in [-0.2, 0) is 20.6 Å². The van der Waals surface area contributed by atoms with Crippen LogP contribution in [0.4, 0.5) is 5.95 Å². The van der Waals surface area contributed by atoms with Gasteiger partial charge in [-0.3, -0.25) is 28.3 Å². The summed E-state index contributed by atoms with van der Waals surface area (Å²) in [6.45, 7) is 1.48. The molecule has 31 heavy (non-hydrogen) atoms. The molecule has 0 aliphatic carbocycles. The lowest BCUT2D eigenvalue weighted by Gasteiger charge is -2.32. The molecule has 1 aliphatic heterocycles. The number of nitrogens with zero attached hydrogens (tertiary/aromatic N) is 7. The second-order valence-electron chi connectivity index (χ2n) is 7.33. The maximum Gasteiger partial charge on any atom is 0.332 e. The number of Topliss-reactive ketones (excluding diaryl/α,β-unsaturated/α-hetero) is 1. The van der Waals surface area contributed by atoms with Crippen LogP contribution in [0.5, 0.6) is 0 Å². The molecule has 11 nitrogen and oxygen atoms in total. The van der Waals surface area contributed by atoms with Gasteiger partial charge < -0.3 is 4.90 Å². The second-order valence-corrected chi connectivity index (χ2v) is 7.76. The fourth-order valence-corrected chi connectivity index (χ4v) is 3.80. The molecule has 0 spiro atoms. The predicted octanol–water partition coefficient (Wildman–Crippen LogP) is 0.773. The number of nitroso groups, excluding NO2 is 1. The third kappa shape index (κ3) is 3.61. The summed E-state index contributed by atoms with van der Waals surface area (Å²) in [7, 11) is 2.91. The van der Waals surface area contributed by atoms with Crippen molar-refractivity contribution in [2.24, 2.45) is 19.4 Å². The van der Waals surface area contributed by atoms with Crippen LogP contribution in [0.25, 0.3) is 11.2 Å². The number of benzene rings is 1. The Balaban J connectivity index is 1.85. The number of aromatic nitrogens is 4. The third-order valence-corrected chi connectivity index (χ3v) is 5.70. The summed E-state index contributed by atoms with van der Waals surface area (Å²) in [4.78, 5) is 55.6. The Labute approximate surface area is 181 Å². The number of ketones is 1. The van der Waals surface area contributed by atoms with E-state index in [4.69, 9.17) is 11.6 Å². The molecule has 2 aromatic heterocycles. The highest BCUT2D eigenvalue weighted by molar-refractivity contribution is 6.30. The largest absolute Gasteiger partial charge is 0.338 e. The maximum atomic E-state index is 13.0. The summed E-state index contributed by atoms with van der Waals surface area (Å²) in [5, 5.41) is 4.86. The molecule has 0 bridgehead atoms. The Hall–Kier alpha value is -3.47. The lowest BCUT2D eigenvalue weighted by molar-refractivity contribution is 0.0973. The molecule has 0 saturated carbocycles. The molecule has 0 N–H and O–H groups in total. The van der Waals surface area contributed by atoms with Gasteiger partial charge in [-0.1, -0.05) is 11.6 Å². The molecule has 0 unspecified atom stereocenters. The van der Waals surface area contributed by atoms with Crippen LogP contribution in [0.3, 0.4) is 0 Å². The zero-order valence-electron chi connectivity index (χ0n) is 17.0. The van der Waals surface area contributed by atoms with Gasteiger partial charge in [0.05, 0.1) is 24.9 Å². The van der Waals surface area contributed by atoms with Crippen LogP contribution in [-0.4, -0.2) is 55.7 Å². The summed E-state index contributed by atoms with van der Waals surface area (Å²) >= 11 is 5.91. The zero-order chi connectivity index (χ0) is 22.3. The van der Waals surface area contributed by atoms with Crippen molar-refractivity contribution in [1.29, 1.82) is 0 Å². The molecular weight excluding hydrogens is 426 g/mol. The van der Waals surface area contributed by atoms with E-state index in [1.807, 2.05) is 4.90 Å². The topological polar surface area (TPSA) is 115 Å². The number of aryl methyl sites for hydroxylation is 1. The standard InChI is InChI=1S/C19H20ClN7O4/c1-23-16-15(17(29)24(2)19(23)30)27(11-14(28)12-3-5-13(20)6-4-12)18(21-16)25-7-9-26(22-31)10-8-25/h3-6H,7-11H2,1-2H3. The van der Waals surface area contributed by atoms with Crippen LogP contribution in [0, 0.1) is 4.91 Å². The number of fused-ring (bicyclic) bond motifs is 1. The van der Waals surface area contributed by atoms with E-state index in [1.165, 1.54) is 28.2 Å². The number of carbonyl (C=O) groups is 1. The van der Waals surface area contributed by atoms with Crippen molar-refractivity contribution < 1.29 is 4.79 Å². The summed E-state index contributed by atoms with van der Waals surface area (Å²) < 4.78 is 3.82. The van der Waals surface area contributed by atoms with Gasteiger partial charge in [-0.15, -0.1) is 4.91 Å². The Morgan fingerprint density at radius 2 is 1.71 bits per heavy atom. The highest BCUT2D eigenvalue weighted by atomic mass is 35.5. The summed E-state index contributed by atoms with van der Waals surface area (Å²) in [5.74, 6) is 0.155. The van der Waals surface area contributed by atoms with E-state index in [9.17, 15) is 19.3 Å². The lowest BCUT2D eigenvalue weighted by atomic mass is 10.1. The minimum absolute atomic E-state index is 0.146. The van der Waals surface area contributed by atoms with Gasteiger partial charge in [0, 0.05) is 37.8 Å². The first-order chi connectivity index (χ1) is 14.8. The lowest BCUT2D eigenvalue weighted by Crippen LogP contribution is -2.45. The van der Waals surface area contributed by atoms with Crippen molar-refractivity contribution in [2.45, 2.75) is 6.54 Å². The normalized spacial score (nSPS) is 14.3. The smallest absolute Gasteiger partial charge is 0.332 e. The maximum absolute atomic E-state index is 13.0. The zero-order valence-corrected chi connectivity index (χ0v) is 17.7. The van der Waals surface area contributed by atoms with Crippen molar-refractivity contribution in [1.82, 2.24) is 23.7 Å². The van der Waals surface area contributed by atoms with Gasteiger partial charge in [0.2, 0.25) is 5.95 Å². The Bertz CT molecular complexity index is 1280. The van der Waals surface area contributed by atoms with E-state index < -0.39 is 11.2 Å². The van der Waals surface area contributed by atoms with Crippen molar-refractivity contribution in [3.8, 4) is 0 Å². The van der Waals surface area contributed by atoms with Gasteiger partial charge in [-0.05, 0) is 24.3 Å². The van der Waals surface area contributed by atoms with E-state index in [0.29, 0.717) is 42.7 Å². The summed E-state index contributed by atoms with van der Waals surface area (Å²) in [6.07, 6.45) is 0. The Kier molecular flexibility index (Phi) is 5.36. The molecular formula is C19H20ClN7O4. The van der Waals surface area contributed by atoms with Crippen LogP contribution < -0.4 is 16.1 Å². The van der Waals surface area contributed by atoms with Crippen LogP contribution in [0.2, 0.25) is 5.02 Å². The van der Waals surface area contributed by atoms with E-state index in [0.717, 1.165) is 4.57 Å². The van der Waals surface area contributed by atoms with Gasteiger partial charge in [0.15, 0.2) is 16.9 Å². The molecule has 1 saturated heterocycles. The number of rotatable bonds is 5. The molecule has 3 aromatic rings. The average molecular weight is 446 g/mol. The van der Waals surface area contributed by atoms with Crippen LogP contribution >= 0.6 is 11.6 Å². The molecule has 1 fully saturated rings. The Morgan fingerprint density at radius 1 is 1.06 bits per heavy atom. The summed E-state index contributed by atoms with van der Waals surface area (Å²) in [5.41, 5.74) is -0.240. The molecule has 12 heteroatoms. The minimum atomic E-state index is -0.533. The molecule has 0 radical (unpaired) electrons. The average Bonchev–Trinajstić information content (AvgIpc) is 3.16.